The zero-order chi connectivity index (χ0) is 18.2. The van der Waals surface area contributed by atoms with E-state index in [1.807, 2.05) is 6.07 Å². The van der Waals surface area contributed by atoms with Crippen LogP contribution in [0.3, 0.4) is 0 Å². The third-order valence-corrected chi connectivity index (χ3v) is 3.38. The second kappa shape index (κ2) is 8.41. The van der Waals surface area contributed by atoms with Crippen molar-refractivity contribution in [1.82, 2.24) is 0 Å². The Balaban J connectivity index is 2.09. The minimum absolute atomic E-state index is 0.0920. The molecule has 1 N–H and O–H groups in total. The lowest BCUT2D eigenvalue weighted by molar-refractivity contribution is -0.144. The van der Waals surface area contributed by atoms with Gasteiger partial charge in [-0.25, -0.2) is 0 Å². The van der Waals surface area contributed by atoms with E-state index in [1.165, 1.54) is 24.3 Å². The number of nitriles is 1. The van der Waals surface area contributed by atoms with Crippen molar-refractivity contribution in [3.05, 3.63) is 65.7 Å². The number of ketones is 1. The van der Waals surface area contributed by atoms with Crippen LogP contribution in [0, 0.1) is 17.2 Å². The predicted octanol–water partition coefficient (Wildman–Crippen LogP) is 2.82. The lowest BCUT2D eigenvalue weighted by Gasteiger charge is -2.09. The highest BCUT2D eigenvalue weighted by molar-refractivity contribution is 6.11. The number of ether oxygens (including phenoxy) is 1. The Kier molecular flexibility index (Phi) is 6.02. The van der Waals surface area contributed by atoms with Crippen LogP contribution in [0.2, 0.25) is 0 Å². The number of hydrogen-bond acceptors (Lipinski definition) is 5. The zero-order valence-corrected chi connectivity index (χ0v) is 13.6. The highest BCUT2D eigenvalue weighted by Crippen LogP contribution is 2.15. The molecule has 0 heterocycles. The molecule has 2 aromatic carbocycles. The minimum Gasteiger partial charge on any atom is -0.465 e. The summed E-state index contributed by atoms with van der Waals surface area (Å²) in [5, 5.41) is 11.7. The van der Waals surface area contributed by atoms with Crippen LogP contribution >= 0.6 is 0 Å². The number of carbonyl (C=O) groups is 3. The van der Waals surface area contributed by atoms with Crippen LogP contribution in [0.5, 0.6) is 0 Å². The first kappa shape index (κ1) is 17.9. The molecule has 0 saturated heterocycles. The summed E-state index contributed by atoms with van der Waals surface area (Å²) in [5.74, 6) is -3.27. The maximum atomic E-state index is 12.2. The second-order valence-corrected chi connectivity index (χ2v) is 5.08. The van der Waals surface area contributed by atoms with Gasteiger partial charge in [0.2, 0.25) is 5.92 Å². The smallest absolute Gasteiger partial charge is 0.331 e. The van der Waals surface area contributed by atoms with Crippen molar-refractivity contribution < 1.29 is 19.1 Å². The molecule has 0 bridgehead atoms. The molecule has 0 spiro atoms. The van der Waals surface area contributed by atoms with Crippen LogP contribution in [0.25, 0.3) is 0 Å². The van der Waals surface area contributed by atoms with E-state index in [0.29, 0.717) is 11.3 Å². The standard InChI is InChI=1S/C19H16N2O4/c1-2-25-19(24)16(12-20)17(22)13-8-10-15(11-9-13)21-18(23)14-6-4-3-5-7-14/h3-11,16H,2H2,1H3,(H,21,23)/t16-/m0/s1. The van der Waals surface area contributed by atoms with E-state index in [0.717, 1.165) is 0 Å². The van der Waals surface area contributed by atoms with Crippen LogP contribution in [0.4, 0.5) is 5.69 Å². The summed E-state index contributed by atoms with van der Waals surface area (Å²) in [7, 11) is 0. The maximum Gasteiger partial charge on any atom is 0.331 e. The van der Waals surface area contributed by atoms with Crippen molar-refractivity contribution in [3.8, 4) is 6.07 Å². The van der Waals surface area contributed by atoms with Gasteiger partial charge in [-0.2, -0.15) is 5.26 Å². The maximum absolute atomic E-state index is 12.2. The summed E-state index contributed by atoms with van der Waals surface area (Å²) in [6.45, 7) is 1.69. The zero-order valence-electron chi connectivity index (χ0n) is 13.6. The molecule has 2 aromatic rings. The molecular formula is C19H16N2O4. The van der Waals surface area contributed by atoms with Gasteiger partial charge in [-0.15, -0.1) is 0 Å². The van der Waals surface area contributed by atoms with Crippen molar-refractivity contribution in [3.63, 3.8) is 0 Å². The Bertz CT molecular complexity index is 808. The first-order valence-corrected chi connectivity index (χ1v) is 7.63. The fraction of sp³-hybridized carbons (Fsp3) is 0.158. The predicted molar refractivity (Wildman–Crippen MR) is 90.9 cm³/mol. The number of nitrogens with one attached hydrogen (secondary N) is 1. The fourth-order valence-corrected chi connectivity index (χ4v) is 2.12. The van der Waals surface area contributed by atoms with Crippen molar-refractivity contribution in [2.45, 2.75) is 6.92 Å². The fourth-order valence-electron chi connectivity index (χ4n) is 2.12. The van der Waals surface area contributed by atoms with E-state index < -0.39 is 17.7 Å². The van der Waals surface area contributed by atoms with Gasteiger partial charge in [0, 0.05) is 16.8 Å². The summed E-state index contributed by atoms with van der Waals surface area (Å²) in [4.78, 5) is 35.9. The van der Waals surface area contributed by atoms with Gasteiger partial charge in [0.1, 0.15) is 0 Å². The Morgan fingerprint density at radius 3 is 2.24 bits per heavy atom. The molecule has 6 nitrogen and oxygen atoms in total. The number of carbonyl (C=O) groups excluding carboxylic acids is 3. The summed E-state index contributed by atoms with van der Waals surface area (Å²) < 4.78 is 4.72. The molecule has 0 aliphatic rings. The van der Waals surface area contributed by atoms with E-state index in [-0.39, 0.29) is 18.1 Å². The van der Waals surface area contributed by atoms with E-state index in [2.05, 4.69) is 5.32 Å². The van der Waals surface area contributed by atoms with Crippen LogP contribution in [-0.4, -0.2) is 24.3 Å². The SMILES string of the molecule is CCOC(=O)[C@@H](C#N)C(=O)c1ccc(NC(=O)c2ccccc2)cc1. The van der Waals surface area contributed by atoms with Crippen LogP contribution in [0.15, 0.2) is 54.6 Å². The van der Waals surface area contributed by atoms with Gasteiger partial charge in [0.15, 0.2) is 5.78 Å². The number of hydrogen-bond donors (Lipinski definition) is 1. The lowest BCUT2D eigenvalue weighted by atomic mass is 9.99. The van der Waals surface area contributed by atoms with Crippen molar-refractivity contribution >= 4 is 23.3 Å². The average molecular weight is 336 g/mol. The van der Waals surface area contributed by atoms with E-state index in [9.17, 15) is 14.4 Å². The number of rotatable bonds is 6. The summed E-state index contributed by atoms with van der Waals surface area (Å²) >= 11 is 0. The largest absolute Gasteiger partial charge is 0.465 e. The normalized spacial score (nSPS) is 11.0. The molecule has 2 rings (SSSR count). The topological polar surface area (TPSA) is 96.3 Å². The highest BCUT2D eigenvalue weighted by Gasteiger charge is 2.28. The molecule has 1 amide bonds. The first-order chi connectivity index (χ1) is 12.1. The molecule has 126 valence electrons. The highest BCUT2D eigenvalue weighted by atomic mass is 16.5. The Labute approximate surface area is 145 Å². The molecule has 0 aliphatic carbocycles. The Hall–Kier alpha value is -3.46. The Morgan fingerprint density at radius 1 is 1.04 bits per heavy atom. The average Bonchev–Trinajstić information content (AvgIpc) is 2.63. The van der Waals surface area contributed by atoms with Crippen molar-refractivity contribution in [2.24, 2.45) is 5.92 Å². The second-order valence-electron chi connectivity index (χ2n) is 5.08. The summed E-state index contributed by atoms with van der Waals surface area (Å²) in [6, 6.07) is 16.3. The molecule has 1 atom stereocenters. The summed E-state index contributed by atoms with van der Waals surface area (Å²) in [6.07, 6.45) is 0. The third kappa shape index (κ3) is 4.52. The van der Waals surface area contributed by atoms with Gasteiger partial charge >= 0.3 is 5.97 Å². The van der Waals surface area contributed by atoms with Crippen LogP contribution in [-0.2, 0) is 9.53 Å². The van der Waals surface area contributed by atoms with Crippen molar-refractivity contribution in [2.75, 3.05) is 11.9 Å². The number of Topliss-reactive ketones (excluding diaryl/α,β-unsaturated/α-hetero) is 1. The van der Waals surface area contributed by atoms with Crippen LogP contribution in [0.1, 0.15) is 27.6 Å². The molecule has 0 aromatic heterocycles. The van der Waals surface area contributed by atoms with Gasteiger partial charge in [-0.1, -0.05) is 18.2 Å². The van der Waals surface area contributed by atoms with E-state index >= 15 is 0 Å². The molecule has 0 unspecified atom stereocenters. The van der Waals surface area contributed by atoms with Gasteiger partial charge in [0.25, 0.3) is 5.91 Å². The molecular weight excluding hydrogens is 320 g/mol. The van der Waals surface area contributed by atoms with Gasteiger partial charge in [-0.05, 0) is 43.3 Å². The Morgan fingerprint density at radius 2 is 1.68 bits per heavy atom. The van der Waals surface area contributed by atoms with Gasteiger partial charge in [-0.3, -0.25) is 14.4 Å². The number of amides is 1. The monoisotopic (exact) mass is 336 g/mol. The van der Waals surface area contributed by atoms with Gasteiger partial charge in [0.05, 0.1) is 12.7 Å². The number of benzene rings is 2. The van der Waals surface area contributed by atoms with E-state index in [1.54, 1.807) is 37.3 Å². The lowest BCUT2D eigenvalue weighted by Crippen LogP contribution is -2.25. The molecule has 0 fully saturated rings. The number of esters is 1. The van der Waals surface area contributed by atoms with E-state index in [4.69, 9.17) is 10.00 Å². The first-order valence-electron chi connectivity index (χ1n) is 7.63. The molecule has 0 aliphatic heterocycles. The van der Waals surface area contributed by atoms with Crippen LogP contribution < -0.4 is 5.32 Å². The molecule has 6 heteroatoms. The van der Waals surface area contributed by atoms with Gasteiger partial charge < -0.3 is 10.1 Å². The molecule has 0 radical (unpaired) electrons. The minimum atomic E-state index is -1.50. The summed E-state index contributed by atoms with van der Waals surface area (Å²) in [5.41, 5.74) is 1.20. The quantitative estimate of drug-likeness (QED) is 0.497. The molecule has 0 saturated carbocycles. The van der Waals surface area contributed by atoms with Crippen molar-refractivity contribution in [1.29, 1.82) is 5.26 Å². The molecule has 25 heavy (non-hydrogen) atoms. The number of anilines is 1. The third-order valence-electron chi connectivity index (χ3n) is 3.38. The number of nitrogens with zero attached hydrogens (tertiary/aromatic N) is 1.